The summed E-state index contributed by atoms with van der Waals surface area (Å²) in [5.41, 5.74) is 1.16. The van der Waals surface area contributed by atoms with Crippen molar-refractivity contribution in [1.82, 2.24) is 15.1 Å². The number of benzene rings is 1. The maximum absolute atomic E-state index is 12.3. The summed E-state index contributed by atoms with van der Waals surface area (Å²) in [7, 11) is 5.92. The van der Waals surface area contributed by atoms with Crippen LogP contribution < -0.4 is 5.32 Å². The van der Waals surface area contributed by atoms with E-state index in [0.29, 0.717) is 0 Å². The average molecular weight is 309 g/mol. The molecule has 0 aliphatic carbocycles. The molecule has 1 rings (SSSR count). The first kappa shape index (κ1) is 17.9. The summed E-state index contributed by atoms with van der Waals surface area (Å²) in [4.78, 5) is 16.2. The topological polar surface area (TPSA) is 35.6 Å². The fourth-order valence-electron chi connectivity index (χ4n) is 2.15. The van der Waals surface area contributed by atoms with Gasteiger partial charge < -0.3 is 15.1 Å². The highest BCUT2D eigenvalue weighted by Gasteiger charge is 2.21. The highest BCUT2D eigenvalue weighted by molar-refractivity contribution is 7.98. The van der Waals surface area contributed by atoms with E-state index in [-0.39, 0.29) is 12.1 Å². The molecule has 1 aromatic rings. The van der Waals surface area contributed by atoms with Crippen LogP contribution in [0.2, 0.25) is 0 Å². The van der Waals surface area contributed by atoms with Crippen LogP contribution in [-0.4, -0.2) is 62.1 Å². The first-order chi connectivity index (χ1) is 10.1. The third kappa shape index (κ3) is 6.40. The Morgan fingerprint density at radius 1 is 1.24 bits per heavy atom. The molecule has 0 saturated heterocycles. The van der Waals surface area contributed by atoms with E-state index in [1.807, 2.05) is 39.3 Å². The molecule has 1 N–H and O–H groups in total. The first-order valence-electron chi connectivity index (χ1n) is 7.25. The maximum Gasteiger partial charge on any atom is 0.317 e. The summed E-state index contributed by atoms with van der Waals surface area (Å²) in [5, 5.41) is 3.00. The van der Waals surface area contributed by atoms with Crippen LogP contribution in [0, 0.1) is 0 Å². The van der Waals surface area contributed by atoms with Gasteiger partial charge in [0, 0.05) is 20.1 Å². The number of hydrogen-bond donors (Lipinski definition) is 1. The van der Waals surface area contributed by atoms with Crippen molar-refractivity contribution < 1.29 is 4.79 Å². The third-order valence-corrected chi connectivity index (χ3v) is 4.01. The molecule has 1 aromatic carbocycles. The number of amides is 2. The van der Waals surface area contributed by atoms with Gasteiger partial charge in [0.25, 0.3) is 0 Å². The molecule has 0 heterocycles. The van der Waals surface area contributed by atoms with Crippen molar-refractivity contribution in [3.8, 4) is 0 Å². The Hall–Kier alpha value is -1.20. The number of likely N-dealkylation sites (N-methyl/N-ethyl adjacent to an activating group) is 2. The van der Waals surface area contributed by atoms with Crippen LogP contribution in [0.4, 0.5) is 4.79 Å². The van der Waals surface area contributed by atoms with E-state index >= 15 is 0 Å². The standard InChI is InChI=1S/C16H27N3OS/c1-18(2)13-15(14-9-6-5-7-10-14)19(3)16(20)17-11-8-12-21-4/h5-7,9-10,15H,8,11-13H2,1-4H3,(H,17,20). The van der Waals surface area contributed by atoms with Crippen LogP contribution in [0.25, 0.3) is 0 Å². The Balaban J connectivity index is 2.67. The molecule has 0 aliphatic heterocycles. The lowest BCUT2D eigenvalue weighted by molar-refractivity contribution is 0.176. The number of nitrogens with zero attached hydrogens (tertiary/aromatic N) is 2. The van der Waals surface area contributed by atoms with E-state index < -0.39 is 0 Å². The van der Waals surface area contributed by atoms with Crippen LogP contribution in [0.15, 0.2) is 30.3 Å². The zero-order valence-corrected chi connectivity index (χ0v) is 14.3. The van der Waals surface area contributed by atoms with Crippen molar-refractivity contribution in [2.45, 2.75) is 12.5 Å². The molecule has 0 bridgehead atoms. The highest BCUT2D eigenvalue weighted by atomic mass is 32.2. The molecule has 0 spiro atoms. The van der Waals surface area contributed by atoms with Gasteiger partial charge in [-0.3, -0.25) is 0 Å². The molecule has 1 unspecified atom stereocenters. The predicted octanol–water partition coefficient (Wildman–Crippen LogP) is 2.68. The molecular weight excluding hydrogens is 282 g/mol. The number of carbonyl (C=O) groups excluding carboxylic acids is 1. The Morgan fingerprint density at radius 3 is 2.48 bits per heavy atom. The number of nitrogens with one attached hydrogen (secondary N) is 1. The number of urea groups is 1. The fourth-order valence-corrected chi connectivity index (χ4v) is 2.58. The van der Waals surface area contributed by atoms with Crippen molar-refractivity contribution >= 4 is 17.8 Å². The van der Waals surface area contributed by atoms with Gasteiger partial charge >= 0.3 is 6.03 Å². The van der Waals surface area contributed by atoms with Gasteiger partial charge in [-0.2, -0.15) is 11.8 Å². The van der Waals surface area contributed by atoms with Gasteiger partial charge in [-0.1, -0.05) is 30.3 Å². The van der Waals surface area contributed by atoms with Crippen LogP contribution in [0.3, 0.4) is 0 Å². The zero-order valence-electron chi connectivity index (χ0n) is 13.5. The van der Waals surface area contributed by atoms with E-state index in [1.165, 1.54) is 0 Å². The van der Waals surface area contributed by atoms with Gasteiger partial charge in [0.1, 0.15) is 0 Å². The summed E-state index contributed by atoms with van der Waals surface area (Å²) in [5.74, 6) is 1.07. The minimum atomic E-state index is -0.00759. The Labute approximate surface area is 132 Å². The molecule has 21 heavy (non-hydrogen) atoms. The van der Waals surface area contributed by atoms with Gasteiger partial charge in [-0.25, -0.2) is 4.79 Å². The Bertz CT molecular complexity index is 411. The Morgan fingerprint density at radius 2 is 1.90 bits per heavy atom. The van der Waals surface area contributed by atoms with E-state index in [2.05, 4.69) is 28.6 Å². The molecule has 118 valence electrons. The summed E-state index contributed by atoms with van der Waals surface area (Å²) in [6, 6.07) is 10.2. The number of carbonyl (C=O) groups is 1. The average Bonchev–Trinajstić information content (AvgIpc) is 2.49. The van der Waals surface area contributed by atoms with Gasteiger partial charge in [0.2, 0.25) is 0 Å². The minimum Gasteiger partial charge on any atom is -0.338 e. The molecule has 2 amide bonds. The van der Waals surface area contributed by atoms with Crippen LogP contribution in [0.5, 0.6) is 0 Å². The molecule has 0 fully saturated rings. The SMILES string of the molecule is CSCCCNC(=O)N(C)C(CN(C)C)c1ccccc1. The molecule has 0 saturated carbocycles. The first-order valence-corrected chi connectivity index (χ1v) is 8.65. The lowest BCUT2D eigenvalue weighted by Crippen LogP contribution is -2.43. The van der Waals surface area contributed by atoms with E-state index in [9.17, 15) is 4.79 Å². The number of rotatable bonds is 8. The third-order valence-electron chi connectivity index (χ3n) is 3.31. The zero-order chi connectivity index (χ0) is 15.7. The summed E-state index contributed by atoms with van der Waals surface area (Å²) >= 11 is 1.80. The minimum absolute atomic E-state index is 0.00759. The van der Waals surface area contributed by atoms with Crippen LogP contribution in [0.1, 0.15) is 18.0 Å². The van der Waals surface area contributed by atoms with Crippen molar-refractivity contribution in [2.75, 3.05) is 46.2 Å². The second-order valence-corrected chi connectivity index (χ2v) is 6.36. The van der Waals surface area contributed by atoms with Gasteiger partial charge in [0.15, 0.2) is 0 Å². The molecule has 0 aliphatic rings. The lowest BCUT2D eigenvalue weighted by atomic mass is 10.1. The van der Waals surface area contributed by atoms with Gasteiger partial charge in [0.05, 0.1) is 6.04 Å². The normalized spacial score (nSPS) is 12.2. The van der Waals surface area contributed by atoms with Crippen molar-refractivity contribution in [2.24, 2.45) is 0 Å². The van der Waals surface area contributed by atoms with E-state index in [1.54, 1.807) is 16.7 Å². The summed E-state index contributed by atoms with van der Waals surface area (Å²) < 4.78 is 0. The second-order valence-electron chi connectivity index (χ2n) is 5.38. The van der Waals surface area contributed by atoms with Gasteiger partial charge in [-0.15, -0.1) is 0 Å². The largest absolute Gasteiger partial charge is 0.338 e. The summed E-state index contributed by atoms with van der Waals surface area (Å²) in [6.07, 6.45) is 3.08. The smallest absolute Gasteiger partial charge is 0.317 e. The molecule has 5 heteroatoms. The van der Waals surface area contributed by atoms with Gasteiger partial charge in [-0.05, 0) is 38.1 Å². The van der Waals surface area contributed by atoms with E-state index in [0.717, 1.165) is 30.8 Å². The van der Waals surface area contributed by atoms with Crippen LogP contribution in [-0.2, 0) is 0 Å². The summed E-state index contributed by atoms with van der Waals surface area (Å²) in [6.45, 7) is 1.53. The number of thioether (sulfide) groups is 1. The van der Waals surface area contributed by atoms with Crippen molar-refractivity contribution in [3.05, 3.63) is 35.9 Å². The maximum atomic E-state index is 12.3. The highest BCUT2D eigenvalue weighted by Crippen LogP contribution is 2.19. The fraction of sp³-hybridized carbons (Fsp3) is 0.562. The lowest BCUT2D eigenvalue weighted by Gasteiger charge is -2.31. The molecule has 0 radical (unpaired) electrons. The second kappa shape index (κ2) is 9.68. The Kier molecular flexibility index (Phi) is 8.23. The molecule has 4 nitrogen and oxygen atoms in total. The molecule has 1 atom stereocenters. The molecular formula is C16H27N3OS. The van der Waals surface area contributed by atoms with Crippen molar-refractivity contribution in [1.29, 1.82) is 0 Å². The quantitative estimate of drug-likeness (QED) is 0.750. The monoisotopic (exact) mass is 309 g/mol. The van der Waals surface area contributed by atoms with Crippen LogP contribution >= 0.6 is 11.8 Å². The molecule has 0 aromatic heterocycles. The predicted molar refractivity (Wildman–Crippen MR) is 91.9 cm³/mol. The van der Waals surface area contributed by atoms with E-state index in [4.69, 9.17) is 0 Å². The number of hydrogen-bond acceptors (Lipinski definition) is 3. The van der Waals surface area contributed by atoms with Crippen molar-refractivity contribution in [3.63, 3.8) is 0 Å².